The van der Waals surface area contributed by atoms with Crippen molar-refractivity contribution in [2.45, 2.75) is 51.7 Å². The predicted octanol–water partition coefficient (Wildman–Crippen LogP) is 1.76. The van der Waals surface area contributed by atoms with Gasteiger partial charge < -0.3 is 9.26 Å². The van der Waals surface area contributed by atoms with Gasteiger partial charge in [0, 0.05) is 19.0 Å². The molecule has 2 atom stereocenters. The van der Waals surface area contributed by atoms with Gasteiger partial charge in [0.15, 0.2) is 0 Å². The standard InChI is InChI=1S/C15H23N3O3/c1-10(2)6-12(19)7-14-16-15(17-21-14)13-8-18-5-3-4-11(18)9-20-13/h10-11,13H,3-9H2,1-2H3. The molecule has 116 valence electrons. The summed E-state index contributed by atoms with van der Waals surface area (Å²) >= 11 is 0. The Hall–Kier alpha value is -1.27. The number of carbonyl (C=O) groups excluding carboxylic acids is 1. The minimum absolute atomic E-state index is 0.128. The normalized spacial score (nSPS) is 26.2. The summed E-state index contributed by atoms with van der Waals surface area (Å²) < 4.78 is 11.1. The first-order valence-electron chi connectivity index (χ1n) is 7.81. The lowest BCUT2D eigenvalue weighted by Crippen LogP contribution is -2.42. The number of ether oxygens (including phenoxy) is 1. The summed E-state index contributed by atoms with van der Waals surface area (Å²) in [6.45, 7) is 6.74. The Morgan fingerprint density at radius 1 is 1.48 bits per heavy atom. The highest BCUT2D eigenvalue weighted by molar-refractivity contribution is 5.80. The maximum Gasteiger partial charge on any atom is 0.234 e. The molecule has 2 aliphatic rings. The van der Waals surface area contributed by atoms with Crippen molar-refractivity contribution in [1.82, 2.24) is 15.0 Å². The molecule has 0 spiro atoms. The van der Waals surface area contributed by atoms with E-state index in [-0.39, 0.29) is 18.3 Å². The minimum atomic E-state index is -0.128. The number of morpholine rings is 1. The first-order valence-corrected chi connectivity index (χ1v) is 7.81. The summed E-state index contributed by atoms with van der Waals surface area (Å²) in [6, 6.07) is 0.556. The van der Waals surface area contributed by atoms with Crippen LogP contribution in [0.1, 0.15) is 50.9 Å². The van der Waals surface area contributed by atoms with E-state index in [1.165, 1.54) is 12.8 Å². The predicted molar refractivity (Wildman–Crippen MR) is 75.8 cm³/mol. The van der Waals surface area contributed by atoms with Gasteiger partial charge in [0.25, 0.3) is 0 Å². The van der Waals surface area contributed by atoms with Crippen molar-refractivity contribution >= 4 is 5.78 Å². The molecule has 0 saturated carbocycles. The fourth-order valence-electron chi connectivity index (χ4n) is 3.14. The van der Waals surface area contributed by atoms with Crippen LogP contribution >= 0.6 is 0 Å². The van der Waals surface area contributed by atoms with Gasteiger partial charge in [-0.2, -0.15) is 4.98 Å². The Morgan fingerprint density at radius 2 is 2.33 bits per heavy atom. The van der Waals surface area contributed by atoms with Crippen LogP contribution < -0.4 is 0 Å². The van der Waals surface area contributed by atoms with Crippen molar-refractivity contribution in [3.63, 3.8) is 0 Å². The zero-order valence-electron chi connectivity index (χ0n) is 12.7. The SMILES string of the molecule is CC(C)CC(=O)Cc1nc(C2CN3CCCC3CO2)no1. The quantitative estimate of drug-likeness (QED) is 0.824. The molecule has 0 bridgehead atoms. The van der Waals surface area contributed by atoms with Gasteiger partial charge in [0.2, 0.25) is 11.7 Å². The van der Waals surface area contributed by atoms with Crippen LogP contribution in [0.5, 0.6) is 0 Å². The van der Waals surface area contributed by atoms with Gasteiger partial charge in [0.1, 0.15) is 11.9 Å². The molecule has 0 aliphatic carbocycles. The van der Waals surface area contributed by atoms with Crippen LogP contribution in [-0.4, -0.2) is 46.6 Å². The van der Waals surface area contributed by atoms with Gasteiger partial charge in [-0.05, 0) is 25.3 Å². The van der Waals surface area contributed by atoms with Gasteiger partial charge in [-0.15, -0.1) is 0 Å². The molecule has 1 aromatic heterocycles. The molecule has 6 nitrogen and oxygen atoms in total. The van der Waals surface area contributed by atoms with Crippen LogP contribution in [0.4, 0.5) is 0 Å². The molecule has 0 amide bonds. The van der Waals surface area contributed by atoms with Gasteiger partial charge >= 0.3 is 0 Å². The van der Waals surface area contributed by atoms with Crippen LogP contribution in [0.3, 0.4) is 0 Å². The Bertz CT molecular complexity index is 500. The molecule has 0 aromatic carbocycles. The number of rotatable bonds is 5. The summed E-state index contributed by atoms with van der Waals surface area (Å²) in [6.07, 6.45) is 3.10. The number of aromatic nitrogens is 2. The molecule has 0 radical (unpaired) electrons. The van der Waals surface area contributed by atoms with Crippen LogP contribution in [-0.2, 0) is 16.0 Å². The van der Waals surface area contributed by atoms with E-state index in [9.17, 15) is 4.79 Å². The Labute approximate surface area is 124 Å². The van der Waals surface area contributed by atoms with E-state index in [0.29, 0.717) is 30.1 Å². The molecule has 1 aromatic rings. The Kier molecular flexibility index (Phi) is 4.35. The minimum Gasteiger partial charge on any atom is -0.367 e. The summed E-state index contributed by atoms with van der Waals surface area (Å²) in [5.41, 5.74) is 0. The van der Waals surface area contributed by atoms with Crippen molar-refractivity contribution < 1.29 is 14.1 Å². The second-order valence-electron chi connectivity index (χ2n) is 6.47. The Morgan fingerprint density at radius 3 is 3.14 bits per heavy atom. The number of fused-ring (bicyclic) bond motifs is 1. The number of ketones is 1. The van der Waals surface area contributed by atoms with Crippen molar-refractivity contribution in [1.29, 1.82) is 0 Å². The van der Waals surface area contributed by atoms with Gasteiger partial charge in [-0.1, -0.05) is 19.0 Å². The highest BCUT2D eigenvalue weighted by atomic mass is 16.5. The van der Waals surface area contributed by atoms with Crippen molar-refractivity contribution in [3.05, 3.63) is 11.7 Å². The number of nitrogens with zero attached hydrogens (tertiary/aromatic N) is 3. The topological polar surface area (TPSA) is 68.5 Å². The van der Waals surface area contributed by atoms with Gasteiger partial charge in [0.05, 0.1) is 13.0 Å². The zero-order chi connectivity index (χ0) is 14.8. The first-order chi connectivity index (χ1) is 10.1. The van der Waals surface area contributed by atoms with Crippen LogP contribution in [0.15, 0.2) is 4.52 Å². The molecule has 2 aliphatic heterocycles. The van der Waals surface area contributed by atoms with E-state index in [1.807, 2.05) is 13.8 Å². The van der Waals surface area contributed by atoms with E-state index in [2.05, 4.69) is 15.0 Å². The smallest absolute Gasteiger partial charge is 0.234 e. The Balaban J connectivity index is 1.58. The van der Waals surface area contributed by atoms with Gasteiger partial charge in [-0.3, -0.25) is 9.69 Å². The second-order valence-corrected chi connectivity index (χ2v) is 6.47. The maximum absolute atomic E-state index is 11.8. The third-order valence-electron chi connectivity index (χ3n) is 4.15. The van der Waals surface area contributed by atoms with Crippen LogP contribution in [0.25, 0.3) is 0 Å². The molecule has 3 rings (SSSR count). The molecule has 6 heteroatoms. The number of Topliss-reactive ketones (excluding diaryl/α,β-unsaturated/α-hetero) is 1. The number of carbonyl (C=O) groups is 1. The van der Waals surface area contributed by atoms with E-state index in [1.54, 1.807) is 0 Å². The van der Waals surface area contributed by atoms with Gasteiger partial charge in [-0.25, -0.2) is 0 Å². The molecule has 2 unspecified atom stereocenters. The molecule has 21 heavy (non-hydrogen) atoms. The summed E-state index contributed by atoms with van der Waals surface area (Å²) in [5, 5.41) is 4.00. The third-order valence-corrected chi connectivity index (χ3v) is 4.15. The van der Waals surface area contributed by atoms with Crippen molar-refractivity contribution in [3.8, 4) is 0 Å². The van der Waals surface area contributed by atoms with Crippen LogP contribution in [0, 0.1) is 5.92 Å². The maximum atomic E-state index is 11.8. The zero-order valence-corrected chi connectivity index (χ0v) is 12.7. The summed E-state index contributed by atoms with van der Waals surface area (Å²) in [7, 11) is 0. The van der Waals surface area contributed by atoms with E-state index < -0.39 is 0 Å². The highest BCUT2D eigenvalue weighted by Gasteiger charge is 2.34. The fraction of sp³-hybridized carbons (Fsp3) is 0.800. The molecule has 2 fully saturated rings. The van der Waals surface area contributed by atoms with E-state index in [4.69, 9.17) is 9.26 Å². The van der Waals surface area contributed by atoms with E-state index >= 15 is 0 Å². The second kappa shape index (κ2) is 6.23. The summed E-state index contributed by atoms with van der Waals surface area (Å²) in [4.78, 5) is 18.6. The molecule has 2 saturated heterocycles. The monoisotopic (exact) mass is 293 g/mol. The first kappa shape index (κ1) is 14.7. The van der Waals surface area contributed by atoms with E-state index in [0.717, 1.165) is 19.7 Å². The average Bonchev–Trinajstić information content (AvgIpc) is 3.04. The highest BCUT2D eigenvalue weighted by Crippen LogP contribution is 2.28. The number of hydrogen-bond acceptors (Lipinski definition) is 6. The summed E-state index contributed by atoms with van der Waals surface area (Å²) in [5.74, 6) is 1.48. The fourth-order valence-corrected chi connectivity index (χ4v) is 3.14. The van der Waals surface area contributed by atoms with Crippen LogP contribution in [0.2, 0.25) is 0 Å². The molecular formula is C15H23N3O3. The largest absolute Gasteiger partial charge is 0.367 e. The lowest BCUT2D eigenvalue weighted by atomic mass is 10.1. The van der Waals surface area contributed by atoms with Crippen molar-refractivity contribution in [2.75, 3.05) is 19.7 Å². The molecular weight excluding hydrogens is 270 g/mol. The lowest BCUT2D eigenvalue weighted by Gasteiger charge is -2.33. The number of hydrogen-bond donors (Lipinski definition) is 0. The lowest BCUT2D eigenvalue weighted by molar-refractivity contribution is -0.119. The molecule has 3 heterocycles. The molecule has 0 N–H and O–H groups in total. The van der Waals surface area contributed by atoms with Crippen molar-refractivity contribution in [2.24, 2.45) is 5.92 Å². The average molecular weight is 293 g/mol. The third kappa shape index (κ3) is 3.49.